The number of anilines is 1. The quantitative estimate of drug-likeness (QED) is 0.814. The molecular weight excluding hydrogens is 328 g/mol. The van der Waals surface area contributed by atoms with Gasteiger partial charge in [-0.1, -0.05) is 24.9 Å². The molecule has 6 nitrogen and oxygen atoms in total. The van der Waals surface area contributed by atoms with Crippen LogP contribution >= 0.6 is 11.6 Å². The van der Waals surface area contributed by atoms with Crippen LogP contribution in [0.15, 0.2) is 24.3 Å². The van der Waals surface area contributed by atoms with Crippen LogP contribution in [0, 0.1) is 0 Å². The average Bonchev–Trinajstić information content (AvgIpc) is 2.57. The molecule has 0 radical (unpaired) electrons. The number of hydrogen-bond donors (Lipinski definition) is 2. The van der Waals surface area contributed by atoms with Crippen LogP contribution in [0.5, 0.6) is 0 Å². The minimum absolute atomic E-state index is 0.0158. The van der Waals surface area contributed by atoms with Gasteiger partial charge in [0.15, 0.2) is 0 Å². The van der Waals surface area contributed by atoms with Gasteiger partial charge in [0.25, 0.3) is 0 Å². The van der Waals surface area contributed by atoms with Crippen LogP contribution in [0.1, 0.15) is 19.8 Å². The summed E-state index contributed by atoms with van der Waals surface area (Å²) < 4.78 is 0. The summed E-state index contributed by atoms with van der Waals surface area (Å²) in [5, 5.41) is 3.48. The van der Waals surface area contributed by atoms with E-state index in [-0.39, 0.29) is 11.8 Å². The number of amides is 2. The van der Waals surface area contributed by atoms with Crippen molar-refractivity contribution in [2.45, 2.75) is 25.8 Å². The largest absolute Gasteiger partial charge is 0.339 e. The molecule has 24 heavy (non-hydrogen) atoms. The van der Waals surface area contributed by atoms with Crippen molar-refractivity contribution in [1.29, 1.82) is 0 Å². The highest BCUT2D eigenvalue weighted by Gasteiger charge is 2.25. The van der Waals surface area contributed by atoms with E-state index in [1.807, 2.05) is 11.8 Å². The summed E-state index contributed by atoms with van der Waals surface area (Å²) in [6.07, 6.45) is 1.61. The van der Waals surface area contributed by atoms with Crippen molar-refractivity contribution in [3.63, 3.8) is 0 Å². The fraction of sp³-hybridized carbons (Fsp3) is 0.529. The molecule has 1 unspecified atom stereocenters. The summed E-state index contributed by atoms with van der Waals surface area (Å²) in [7, 11) is 0. The molecule has 1 aliphatic heterocycles. The van der Waals surface area contributed by atoms with Gasteiger partial charge in [-0.25, -0.2) is 0 Å². The normalized spacial score (nSPS) is 16.7. The predicted molar refractivity (Wildman–Crippen MR) is 96.0 cm³/mol. The lowest BCUT2D eigenvalue weighted by Crippen LogP contribution is -2.54. The Morgan fingerprint density at radius 1 is 1.21 bits per heavy atom. The Labute approximate surface area is 147 Å². The van der Waals surface area contributed by atoms with Gasteiger partial charge in [0.2, 0.25) is 11.8 Å². The summed E-state index contributed by atoms with van der Waals surface area (Å²) in [5.41, 5.74) is 6.62. The maximum absolute atomic E-state index is 12.2. The van der Waals surface area contributed by atoms with Gasteiger partial charge in [-0.3, -0.25) is 14.5 Å². The monoisotopic (exact) mass is 352 g/mol. The van der Waals surface area contributed by atoms with E-state index in [1.165, 1.54) is 0 Å². The van der Waals surface area contributed by atoms with E-state index >= 15 is 0 Å². The molecule has 1 fully saturated rings. The zero-order valence-electron chi connectivity index (χ0n) is 14.0. The van der Waals surface area contributed by atoms with Crippen LogP contribution in [0.2, 0.25) is 5.02 Å². The number of carbonyl (C=O) groups excluding carboxylic acids is 2. The molecule has 1 aliphatic rings. The third-order valence-electron chi connectivity index (χ3n) is 4.10. The molecule has 3 N–H and O–H groups in total. The highest BCUT2D eigenvalue weighted by atomic mass is 35.5. The van der Waals surface area contributed by atoms with Gasteiger partial charge < -0.3 is 16.0 Å². The topological polar surface area (TPSA) is 78.7 Å². The van der Waals surface area contributed by atoms with Crippen molar-refractivity contribution in [3.8, 4) is 0 Å². The van der Waals surface area contributed by atoms with Crippen molar-refractivity contribution < 1.29 is 9.59 Å². The van der Waals surface area contributed by atoms with Crippen LogP contribution in [-0.2, 0) is 9.59 Å². The van der Waals surface area contributed by atoms with Crippen molar-refractivity contribution in [2.24, 2.45) is 5.73 Å². The maximum atomic E-state index is 12.2. The molecule has 1 heterocycles. The molecule has 1 aromatic carbocycles. The van der Waals surface area contributed by atoms with E-state index < -0.39 is 6.04 Å². The second kappa shape index (κ2) is 9.01. The second-order valence-corrected chi connectivity index (χ2v) is 6.49. The smallest absolute Gasteiger partial charge is 0.239 e. The van der Waals surface area contributed by atoms with Gasteiger partial charge in [-0.2, -0.15) is 0 Å². The number of hydrogen-bond acceptors (Lipinski definition) is 4. The number of nitrogens with two attached hydrogens (primary N) is 1. The molecule has 2 rings (SSSR count). The van der Waals surface area contributed by atoms with Gasteiger partial charge in [-0.15, -0.1) is 0 Å². The summed E-state index contributed by atoms with van der Waals surface area (Å²) >= 11 is 5.82. The Bertz CT molecular complexity index is 556. The molecule has 0 aliphatic carbocycles. The van der Waals surface area contributed by atoms with Crippen LogP contribution < -0.4 is 11.1 Å². The average molecular weight is 353 g/mol. The lowest BCUT2D eigenvalue weighted by Gasteiger charge is -2.35. The van der Waals surface area contributed by atoms with Gasteiger partial charge in [0.05, 0.1) is 12.6 Å². The first-order valence-corrected chi connectivity index (χ1v) is 8.69. The molecular formula is C17H25ClN4O2. The predicted octanol–water partition coefficient (Wildman–Crippen LogP) is 1.55. The van der Waals surface area contributed by atoms with Crippen molar-refractivity contribution in [2.75, 3.05) is 38.0 Å². The van der Waals surface area contributed by atoms with Gasteiger partial charge in [-0.05, 0) is 30.7 Å². The fourth-order valence-electron chi connectivity index (χ4n) is 2.73. The molecule has 0 saturated carbocycles. The Balaban J connectivity index is 1.75. The van der Waals surface area contributed by atoms with Gasteiger partial charge >= 0.3 is 0 Å². The third kappa shape index (κ3) is 5.47. The molecule has 0 aromatic heterocycles. The summed E-state index contributed by atoms with van der Waals surface area (Å²) in [6.45, 7) is 4.92. The molecule has 1 saturated heterocycles. The summed E-state index contributed by atoms with van der Waals surface area (Å²) in [4.78, 5) is 28.1. The number of nitrogens with one attached hydrogen (secondary N) is 1. The van der Waals surface area contributed by atoms with E-state index in [0.29, 0.717) is 44.2 Å². The standard InChI is InChI=1S/C17H25ClN4O2/c1-2-3-15(19)17(24)22-10-8-21(9-11-22)12-16(23)20-14-6-4-13(18)5-7-14/h4-7,15H,2-3,8-12,19H2,1H3,(H,20,23). The maximum Gasteiger partial charge on any atom is 0.239 e. The first kappa shape index (κ1) is 18.7. The highest BCUT2D eigenvalue weighted by Crippen LogP contribution is 2.13. The van der Waals surface area contributed by atoms with E-state index in [2.05, 4.69) is 5.32 Å². The van der Waals surface area contributed by atoms with E-state index in [0.717, 1.165) is 12.1 Å². The second-order valence-electron chi connectivity index (χ2n) is 6.05. The number of halogens is 1. The molecule has 1 aromatic rings. The van der Waals surface area contributed by atoms with Crippen molar-refractivity contribution in [1.82, 2.24) is 9.80 Å². The Kier molecular flexibility index (Phi) is 7.02. The minimum Gasteiger partial charge on any atom is -0.339 e. The van der Waals surface area contributed by atoms with Gasteiger partial charge in [0.1, 0.15) is 0 Å². The van der Waals surface area contributed by atoms with E-state index in [4.69, 9.17) is 17.3 Å². The number of rotatable bonds is 6. The fourth-order valence-corrected chi connectivity index (χ4v) is 2.86. The molecule has 0 spiro atoms. The van der Waals surface area contributed by atoms with Crippen LogP contribution in [0.4, 0.5) is 5.69 Å². The molecule has 0 bridgehead atoms. The van der Waals surface area contributed by atoms with Crippen molar-refractivity contribution in [3.05, 3.63) is 29.3 Å². The first-order chi connectivity index (χ1) is 11.5. The number of carbonyl (C=O) groups is 2. The summed E-state index contributed by atoms with van der Waals surface area (Å²) in [6, 6.07) is 6.61. The lowest BCUT2D eigenvalue weighted by molar-refractivity contribution is -0.134. The number of nitrogens with zero attached hydrogens (tertiary/aromatic N) is 2. The van der Waals surface area contributed by atoms with Crippen LogP contribution in [0.3, 0.4) is 0 Å². The van der Waals surface area contributed by atoms with E-state index in [1.54, 1.807) is 29.2 Å². The molecule has 1 atom stereocenters. The Morgan fingerprint density at radius 2 is 1.83 bits per heavy atom. The Hall–Kier alpha value is -1.63. The lowest BCUT2D eigenvalue weighted by atomic mass is 10.1. The third-order valence-corrected chi connectivity index (χ3v) is 4.35. The van der Waals surface area contributed by atoms with E-state index in [9.17, 15) is 9.59 Å². The zero-order chi connectivity index (χ0) is 17.5. The number of benzene rings is 1. The number of piperazine rings is 1. The highest BCUT2D eigenvalue weighted by molar-refractivity contribution is 6.30. The Morgan fingerprint density at radius 3 is 2.42 bits per heavy atom. The molecule has 2 amide bonds. The van der Waals surface area contributed by atoms with Gasteiger partial charge in [0, 0.05) is 36.9 Å². The van der Waals surface area contributed by atoms with Crippen LogP contribution in [-0.4, -0.2) is 60.4 Å². The van der Waals surface area contributed by atoms with Crippen LogP contribution in [0.25, 0.3) is 0 Å². The molecule has 7 heteroatoms. The first-order valence-electron chi connectivity index (χ1n) is 8.31. The minimum atomic E-state index is -0.408. The SMILES string of the molecule is CCCC(N)C(=O)N1CCN(CC(=O)Nc2ccc(Cl)cc2)CC1. The molecule has 132 valence electrons. The van der Waals surface area contributed by atoms with Crippen molar-refractivity contribution >= 4 is 29.1 Å². The summed E-state index contributed by atoms with van der Waals surface area (Å²) in [5.74, 6) is -0.0538. The zero-order valence-corrected chi connectivity index (χ0v) is 14.8.